The smallest absolute Gasteiger partial charge is 0.223 e. The van der Waals surface area contributed by atoms with Crippen LogP contribution in [0.4, 0.5) is 0 Å². The molecule has 82 valence electrons. The number of hydrogen-bond donors (Lipinski definition) is 1. The summed E-state index contributed by atoms with van der Waals surface area (Å²) >= 11 is 5.95. The van der Waals surface area contributed by atoms with E-state index in [4.69, 9.17) is 11.6 Å². The molecule has 0 heterocycles. The molecule has 1 rings (SSSR count). The monoisotopic (exact) mass is 217 g/mol. The highest BCUT2D eigenvalue weighted by Crippen LogP contribution is 2.51. The molecule has 1 saturated carbocycles. The highest BCUT2D eigenvalue weighted by atomic mass is 35.5. The number of halogens is 1. The average Bonchev–Trinajstić information content (AvgIpc) is 2.75. The third-order valence-corrected chi connectivity index (χ3v) is 3.56. The minimum atomic E-state index is 0.197. The van der Waals surface area contributed by atoms with E-state index in [1.54, 1.807) is 0 Å². The van der Waals surface area contributed by atoms with Gasteiger partial charge in [0.15, 0.2) is 0 Å². The van der Waals surface area contributed by atoms with Gasteiger partial charge in [0.25, 0.3) is 0 Å². The summed E-state index contributed by atoms with van der Waals surface area (Å²) in [5, 5.41) is 3.14. The molecule has 0 aromatic carbocycles. The molecule has 1 fully saturated rings. The normalized spacial score (nSPS) is 25.6. The number of rotatable bonds is 5. The fourth-order valence-corrected chi connectivity index (χ4v) is 1.70. The molecule has 2 unspecified atom stereocenters. The van der Waals surface area contributed by atoms with E-state index in [0.29, 0.717) is 6.54 Å². The molecule has 1 amide bonds. The molecule has 14 heavy (non-hydrogen) atoms. The third kappa shape index (κ3) is 3.16. The van der Waals surface area contributed by atoms with E-state index >= 15 is 0 Å². The van der Waals surface area contributed by atoms with E-state index in [1.165, 1.54) is 0 Å². The molecule has 1 aliphatic rings. The van der Waals surface area contributed by atoms with E-state index in [2.05, 4.69) is 26.1 Å². The molecular formula is C11H20ClNO. The lowest BCUT2D eigenvalue weighted by molar-refractivity contribution is -0.122. The van der Waals surface area contributed by atoms with E-state index in [0.717, 1.165) is 19.3 Å². The highest BCUT2D eigenvalue weighted by molar-refractivity contribution is 6.20. The highest BCUT2D eigenvalue weighted by Gasteiger charge is 2.50. The van der Waals surface area contributed by atoms with Gasteiger partial charge >= 0.3 is 0 Å². The van der Waals surface area contributed by atoms with Crippen molar-refractivity contribution in [1.82, 2.24) is 5.32 Å². The zero-order chi connectivity index (χ0) is 10.8. The molecule has 0 radical (unpaired) electrons. The van der Waals surface area contributed by atoms with Crippen LogP contribution in [0.1, 0.15) is 40.0 Å². The Kier molecular flexibility index (Phi) is 3.82. The van der Waals surface area contributed by atoms with Gasteiger partial charge in [0.1, 0.15) is 0 Å². The van der Waals surface area contributed by atoms with Crippen molar-refractivity contribution in [3.8, 4) is 0 Å². The molecule has 0 aliphatic heterocycles. The van der Waals surface area contributed by atoms with Crippen LogP contribution >= 0.6 is 11.6 Å². The maximum atomic E-state index is 11.5. The lowest BCUT2D eigenvalue weighted by atomic mass is 10.1. The van der Waals surface area contributed by atoms with E-state index in [-0.39, 0.29) is 22.6 Å². The summed E-state index contributed by atoms with van der Waals surface area (Å²) in [7, 11) is 0. The van der Waals surface area contributed by atoms with Gasteiger partial charge in [-0.05, 0) is 24.7 Å². The van der Waals surface area contributed by atoms with Gasteiger partial charge in [0.05, 0.1) is 0 Å². The first kappa shape index (κ1) is 11.8. The van der Waals surface area contributed by atoms with Gasteiger partial charge in [-0.3, -0.25) is 4.79 Å². The first-order chi connectivity index (χ1) is 6.47. The summed E-state index contributed by atoms with van der Waals surface area (Å²) in [6.07, 6.45) is 2.86. The topological polar surface area (TPSA) is 29.1 Å². The Morgan fingerprint density at radius 3 is 2.64 bits per heavy atom. The zero-order valence-corrected chi connectivity index (χ0v) is 10.0. The second-order valence-corrected chi connectivity index (χ2v) is 5.45. The largest absolute Gasteiger partial charge is 0.356 e. The summed E-state index contributed by atoms with van der Waals surface area (Å²) in [4.78, 5) is 11.5. The number of nitrogens with one attached hydrogen (secondary N) is 1. The fraction of sp³-hybridized carbons (Fsp3) is 0.909. The van der Waals surface area contributed by atoms with Gasteiger partial charge < -0.3 is 5.32 Å². The van der Waals surface area contributed by atoms with Crippen LogP contribution in [-0.4, -0.2) is 17.8 Å². The average molecular weight is 218 g/mol. The molecule has 0 spiro atoms. The molecule has 2 atom stereocenters. The number of hydrogen-bond acceptors (Lipinski definition) is 1. The molecule has 3 heteroatoms. The van der Waals surface area contributed by atoms with Gasteiger partial charge in [-0.1, -0.05) is 20.8 Å². The van der Waals surface area contributed by atoms with Gasteiger partial charge in [-0.2, -0.15) is 0 Å². The first-order valence-electron chi connectivity index (χ1n) is 5.39. The first-order valence-corrected chi connectivity index (χ1v) is 5.83. The predicted molar refractivity (Wildman–Crippen MR) is 59.4 cm³/mol. The van der Waals surface area contributed by atoms with Crippen LogP contribution in [0.5, 0.6) is 0 Å². The second kappa shape index (κ2) is 4.52. The molecule has 1 aliphatic carbocycles. The van der Waals surface area contributed by atoms with Crippen LogP contribution in [0.3, 0.4) is 0 Å². The van der Waals surface area contributed by atoms with Crippen molar-refractivity contribution in [2.75, 3.05) is 6.54 Å². The minimum absolute atomic E-state index is 0.197. The lowest BCUT2D eigenvalue weighted by Crippen LogP contribution is -2.28. The van der Waals surface area contributed by atoms with Crippen molar-refractivity contribution in [2.45, 2.75) is 45.4 Å². The predicted octanol–water partition coefficient (Wildman–Crippen LogP) is 2.56. The number of alkyl halides is 1. The van der Waals surface area contributed by atoms with E-state index in [9.17, 15) is 4.79 Å². The SMILES string of the molecule is CCC(Cl)CCNC(=O)C1CC1(C)C. The second-order valence-electron chi connectivity index (χ2n) is 4.83. The van der Waals surface area contributed by atoms with E-state index in [1.807, 2.05) is 0 Å². The molecule has 0 saturated heterocycles. The standard InChI is InChI=1S/C11H20ClNO/c1-4-8(12)5-6-13-10(14)9-7-11(9,2)3/h8-9H,4-7H2,1-3H3,(H,13,14). The number of carbonyl (C=O) groups is 1. The third-order valence-electron chi connectivity index (χ3n) is 3.03. The van der Waals surface area contributed by atoms with Crippen molar-refractivity contribution in [3.63, 3.8) is 0 Å². The van der Waals surface area contributed by atoms with Gasteiger partial charge in [-0.25, -0.2) is 0 Å². The minimum Gasteiger partial charge on any atom is -0.356 e. The summed E-state index contributed by atoms with van der Waals surface area (Å²) in [6.45, 7) is 7.04. The number of amides is 1. The Labute approximate surface area is 91.4 Å². The molecule has 0 aromatic rings. The maximum Gasteiger partial charge on any atom is 0.223 e. The Hall–Kier alpha value is -0.240. The van der Waals surface area contributed by atoms with Crippen LogP contribution in [-0.2, 0) is 4.79 Å². The van der Waals surface area contributed by atoms with Crippen molar-refractivity contribution in [3.05, 3.63) is 0 Å². The van der Waals surface area contributed by atoms with Crippen LogP contribution in [0.15, 0.2) is 0 Å². The molecule has 0 aromatic heterocycles. The van der Waals surface area contributed by atoms with Crippen molar-refractivity contribution in [2.24, 2.45) is 11.3 Å². The van der Waals surface area contributed by atoms with E-state index < -0.39 is 0 Å². The summed E-state index contributed by atoms with van der Waals surface area (Å²) in [5.74, 6) is 0.438. The molecule has 0 bridgehead atoms. The molecule has 1 N–H and O–H groups in total. The van der Waals surface area contributed by atoms with Crippen LogP contribution < -0.4 is 5.32 Å². The van der Waals surface area contributed by atoms with Gasteiger partial charge in [0, 0.05) is 17.8 Å². The van der Waals surface area contributed by atoms with Crippen molar-refractivity contribution in [1.29, 1.82) is 0 Å². The van der Waals surface area contributed by atoms with Gasteiger partial charge in [-0.15, -0.1) is 11.6 Å². The van der Waals surface area contributed by atoms with Crippen LogP contribution in [0, 0.1) is 11.3 Å². The summed E-state index contributed by atoms with van der Waals surface area (Å²) in [5.41, 5.74) is 0.231. The van der Waals surface area contributed by atoms with Crippen molar-refractivity contribution < 1.29 is 4.79 Å². The molecule has 2 nitrogen and oxygen atoms in total. The Bertz CT molecular complexity index is 215. The summed E-state index contributed by atoms with van der Waals surface area (Å²) < 4.78 is 0. The quantitative estimate of drug-likeness (QED) is 0.705. The zero-order valence-electron chi connectivity index (χ0n) is 9.27. The summed E-state index contributed by atoms with van der Waals surface area (Å²) in [6, 6.07) is 0. The maximum absolute atomic E-state index is 11.5. The Morgan fingerprint density at radius 1 is 1.64 bits per heavy atom. The van der Waals surface area contributed by atoms with Gasteiger partial charge in [0.2, 0.25) is 5.91 Å². The number of carbonyl (C=O) groups excluding carboxylic acids is 1. The fourth-order valence-electron chi connectivity index (χ4n) is 1.59. The molecular weight excluding hydrogens is 198 g/mol. The van der Waals surface area contributed by atoms with Crippen LogP contribution in [0.2, 0.25) is 0 Å². The Balaban J connectivity index is 2.11. The Morgan fingerprint density at radius 2 is 2.21 bits per heavy atom. The van der Waals surface area contributed by atoms with Crippen LogP contribution in [0.25, 0.3) is 0 Å². The van der Waals surface area contributed by atoms with Crippen molar-refractivity contribution >= 4 is 17.5 Å². The lowest BCUT2D eigenvalue weighted by Gasteiger charge is -2.08.